The van der Waals surface area contributed by atoms with Gasteiger partial charge in [0.05, 0.1) is 38.1 Å². The van der Waals surface area contributed by atoms with Crippen molar-refractivity contribution >= 4 is 27.8 Å². The summed E-state index contributed by atoms with van der Waals surface area (Å²) in [5, 5.41) is 4.03. The van der Waals surface area contributed by atoms with Crippen LogP contribution in [0, 0.1) is 6.92 Å². The number of rotatable bonds is 13. The van der Waals surface area contributed by atoms with Gasteiger partial charge >= 0.3 is 0 Å². The van der Waals surface area contributed by atoms with Gasteiger partial charge in [0.1, 0.15) is 24.7 Å². The van der Waals surface area contributed by atoms with Gasteiger partial charge in [0.15, 0.2) is 11.5 Å². The van der Waals surface area contributed by atoms with Crippen molar-refractivity contribution in [3.05, 3.63) is 108 Å². The van der Waals surface area contributed by atoms with Crippen LogP contribution in [0.25, 0.3) is 0 Å². The molecule has 1 amide bonds. The van der Waals surface area contributed by atoms with E-state index in [-0.39, 0.29) is 16.3 Å². The van der Waals surface area contributed by atoms with Crippen LogP contribution in [0.1, 0.15) is 16.7 Å². The second kappa shape index (κ2) is 14.2. The van der Waals surface area contributed by atoms with Crippen LogP contribution < -0.4 is 28.7 Å². The van der Waals surface area contributed by atoms with Crippen LogP contribution in [-0.4, -0.2) is 48.4 Å². The number of nitrogens with one attached hydrogen (secondary N) is 1. The number of sulfonamides is 1. The minimum absolute atomic E-state index is 0.0148. The Hall–Kier alpha value is -5.03. The average molecular weight is 604 g/mol. The molecule has 1 N–H and O–H groups in total. The third kappa shape index (κ3) is 7.83. The largest absolute Gasteiger partial charge is 0.497 e. The zero-order valence-corrected chi connectivity index (χ0v) is 25.1. The Morgan fingerprint density at radius 2 is 1.53 bits per heavy atom. The molecule has 0 atom stereocenters. The first-order valence-electron chi connectivity index (χ1n) is 13.2. The van der Waals surface area contributed by atoms with Crippen LogP contribution in [0.4, 0.5) is 5.69 Å². The lowest BCUT2D eigenvalue weighted by atomic mass is 10.2. The predicted molar refractivity (Wildman–Crippen MR) is 165 cm³/mol. The number of carbonyl (C=O) groups excluding carboxylic acids is 1. The van der Waals surface area contributed by atoms with Crippen LogP contribution >= 0.6 is 0 Å². The van der Waals surface area contributed by atoms with Gasteiger partial charge in [-0.3, -0.25) is 9.10 Å². The summed E-state index contributed by atoms with van der Waals surface area (Å²) >= 11 is 0. The molecule has 0 spiro atoms. The van der Waals surface area contributed by atoms with Crippen molar-refractivity contribution < 1.29 is 32.2 Å². The fraction of sp³-hybridized carbons (Fsp3) is 0.188. The molecule has 4 aromatic rings. The molecule has 10 nitrogen and oxygen atoms in total. The lowest BCUT2D eigenvalue weighted by Crippen LogP contribution is -2.39. The van der Waals surface area contributed by atoms with Gasteiger partial charge in [-0.05, 0) is 60.5 Å². The lowest BCUT2D eigenvalue weighted by molar-refractivity contribution is -0.119. The van der Waals surface area contributed by atoms with E-state index in [0.717, 1.165) is 15.4 Å². The standard InChI is InChI=1S/C32H33N3O7S/c1-23-10-14-27(15-11-23)43(37,38)35(28-19-26(39-2)13-17-29(28)40-3)21-32(36)34-33-20-25-12-16-30(31(18-25)41-4)42-22-24-8-6-5-7-9-24/h5-20H,21-22H2,1-4H3,(H,34,36)/b33-20-. The summed E-state index contributed by atoms with van der Waals surface area (Å²) in [6.45, 7) is 1.65. The fourth-order valence-corrected chi connectivity index (χ4v) is 5.52. The number of nitrogens with zero attached hydrogens (tertiary/aromatic N) is 2. The minimum atomic E-state index is -4.19. The van der Waals surface area contributed by atoms with E-state index in [1.807, 2.05) is 37.3 Å². The zero-order valence-electron chi connectivity index (χ0n) is 24.3. The Morgan fingerprint density at radius 1 is 0.837 bits per heavy atom. The molecule has 4 aromatic carbocycles. The van der Waals surface area contributed by atoms with Gasteiger partial charge in [0, 0.05) is 6.07 Å². The number of hydrazone groups is 1. The highest BCUT2D eigenvalue weighted by Gasteiger charge is 2.30. The van der Waals surface area contributed by atoms with Crippen molar-refractivity contribution in [3.63, 3.8) is 0 Å². The maximum Gasteiger partial charge on any atom is 0.264 e. The maximum atomic E-state index is 13.8. The van der Waals surface area contributed by atoms with E-state index >= 15 is 0 Å². The molecular formula is C32H33N3O7S. The summed E-state index contributed by atoms with van der Waals surface area (Å²) in [6, 6.07) is 26.0. The second-order valence-corrected chi connectivity index (χ2v) is 11.2. The summed E-state index contributed by atoms with van der Waals surface area (Å²) < 4.78 is 50.6. The van der Waals surface area contributed by atoms with Gasteiger partial charge in [-0.15, -0.1) is 0 Å². The Bertz CT molecular complexity index is 1680. The molecule has 0 bridgehead atoms. The first-order valence-corrected chi connectivity index (χ1v) is 14.7. The maximum absolute atomic E-state index is 13.8. The van der Waals surface area contributed by atoms with E-state index in [4.69, 9.17) is 18.9 Å². The molecule has 0 saturated carbocycles. The van der Waals surface area contributed by atoms with Crippen LogP contribution in [0.15, 0.2) is 101 Å². The van der Waals surface area contributed by atoms with Crippen molar-refractivity contribution in [1.82, 2.24) is 5.43 Å². The number of ether oxygens (including phenoxy) is 4. The monoisotopic (exact) mass is 603 g/mol. The van der Waals surface area contributed by atoms with Gasteiger partial charge in [-0.25, -0.2) is 13.8 Å². The molecule has 0 aliphatic heterocycles. The summed E-state index contributed by atoms with van der Waals surface area (Å²) in [6.07, 6.45) is 1.42. The average Bonchev–Trinajstić information content (AvgIpc) is 3.03. The second-order valence-electron chi connectivity index (χ2n) is 9.34. The van der Waals surface area contributed by atoms with Crippen molar-refractivity contribution in [3.8, 4) is 23.0 Å². The Labute approximate surface area is 251 Å². The van der Waals surface area contributed by atoms with Crippen LogP contribution in [0.3, 0.4) is 0 Å². The Kier molecular flexibility index (Phi) is 10.2. The predicted octanol–water partition coefficient (Wildman–Crippen LogP) is 4.95. The number of methoxy groups -OCH3 is 3. The third-order valence-corrected chi connectivity index (χ3v) is 8.15. The number of aryl methyl sites for hydroxylation is 1. The molecule has 0 aliphatic carbocycles. The molecule has 0 saturated heterocycles. The Morgan fingerprint density at radius 3 is 2.21 bits per heavy atom. The summed E-state index contributed by atoms with van der Waals surface area (Å²) in [7, 11) is 0.222. The molecule has 43 heavy (non-hydrogen) atoms. The fourth-order valence-electron chi connectivity index (χ4n) is 4.09. The van der Waals surface area contributed by atoms with Crippen molar-refractivity contribution in [2.45, 2.75) is 18.4 Å². The normalized spacial score (nSPS) is 11.2. The van der Waals surface area contributed by atoms with E-state index in [1.54, 1.807) is 42.5 Å². The molecule has 0 aromatic heterocycles. The van der Waals surface area contributed by atoms with Crippen molar-refractivity contribution in [2.24, 2.45) is 5.10 Å². The van der Waals surface area contributed by atoms with Crippen molar-refractivity contribution in [2.75, 3.05) is 32.2 Å². The highest BCUT2D eigenvalue weighted by Crippen LogP contribution is 2.35. The molecule has 0 radical (unpaired) electrons. The number of benzene rings is 4. The molecule has 0 heterocycles. The van der Waals surface area contributed by atoms with Crippen molar-refractivity contribution in [1.29, 1.82) is 0 Å². The van der Waals surface area contributed by atoms with E-state index in [2.05, 4.69) is 10.5 Å². The molecule has 0 unspecified atom stereocenters. The molecule has 11 heteroatoms. The molecule has 224 valence electrons. The third-order valence-electron chi connectivity index (χ3n) is 6.38. The zero-order chi connectivity index (χ0) is 30.8. The SMILES string of the molecule is COc1ccc(OC)c(N(CC(=O)N/N=C\c2ccc(OCc3ccccc3)c(OC)c2)S(=O)(=O)c2ccc(C)cc2)c1. The van der Waals surface area contributed by atoms with Crippen LogP contribution in [0.2, 0.25) is 0 Å². The number of carbonyl (C=O) groups is 1. The minimum Gasteiger partial charge on any atom is -0.497 e. The summed E-state index contributed by atoms with van der Waals surface area (Å²) in [4.78, 5) is 13.1. The topological polar surface area (TPSA) is 116 Å². The van der Waals surface area contributed by atoms with E-state index < -0.39 is 22.5 Å². The van der Waals surface area contributed by atoms with Gasteiger partial charge < -0.3 is 18.9 Å². The van der Waals surface area contributed by atoms with Gasteiger partial charge in [0.25, 0.3) is 15.9 Å². The number of amides is 1. The quantitative estimate of drug-likeness (QED) is 0.170. The van der Waals surface area contributed by atoms with Gasteiger partial charge in [-0.1, -0.05) is 48.0 Å². The Balaban J connectivity index is 1.52. The van der Waals surface area contributed by atoms with Gasteiger partial charge in [-0.2, -0.15) is 5.10 Å². The smallest absolute Gasteiger partial charge is 0.264 e. The van der Waals surface area contributed by atoms with E-state index in [0.29, 0.717) is 29.4 Å². The first-order chi connectivity index (χ1) is 20.7. The summed E-state index contributed by atoms with van der Waals surface area (Å²) in [5.41, 5.74) is 5.08. The molecule has 0 aliphatic rings. The first kappa shape index (κ1) is 30.9. The number of anilines is 1. The summed E-state index contributed by atoms with van der Waals surface area (Å²) in [5.74, 6) is 1.01. The highest BCUT2D eigenvalue weighted by molar-refractivity contribution is 7.92. The molecular weight excluding hydrogens is 570 g/mol. The molecule has 4 rings (SSSR count). The number of hydrogen-bond acceptors (Lipinski definition) is 8. The van der Waals surface area contributed by atoms with E-state index in [1.165, 1.54) is 45.7 Å². The van der Waals surface area contributed by atoms with E-state index in [9.17, 15) is 13.2 Å². The van der Waals surface area contributed by atoms with Crippen LogP contribution in [-0.2, 0) is 21.4 Å². The highest BCUT2D eigenvalue weighted by atomic mass is 32.2. The lowest BCUT2D eigenvalue weighted by Gasteiger charge is -2.25. The number of hydrogen-bond donors (Lipinski definition) is 1. The van der Waals surface area contributed by atoms with Gasteiger partial charge in [0.2, 0.25) is 0 Å². The van der Waals surface area contributed by atoms with Crippen LogP contribution in [0.5, 0.6) is 23.0 Å². The molecule has 0 fully saturated rings.